The summed E-state index contributed by atoms with van der Waals surface area (Å²) in [5.74, 6) is 0.425. The quantitative estimate of drug-likeness (QED) is 0.198. The van der Waals surface area contributed by atoms with E-state index in [1.165, 1.54) is 12.1 Å². The molecular formula is C20H20ClNO4. The van der Waals surface area contributed by atoms with Crippen molar-refractivity contribution in [3.8, 4) is 0 Å². The third-order valence-electron chi connectivity index (χ3n) is 3.58. The lowest BCUT2D eigenvalue weighted by Crippen LogP contribution is -2.05. The summed E-state index contributed by atoms with van der Waals surface area (Å²) in [6.07, 6.45) is 1.55. The van der Waals surface area contributed by atoms with E-state index in [1.807, 2.05) is 37.3 Å². The molecule has 0 amide bonds. The Kier molecular flexibility index (Phi) is 7.38. The first kappa shape index (κ1) is 19.7. The molecule has 0 saturated heterocycles. The van der Waals surface area contributed by atoms with E-state index in [-0.39, 0.29) is 17.3 Å². The molecule has 0 N–H and O–H groups in total. The Morgan fingerprint density at radius 1 is 1.23 bits per heavy atom. The normalized spacial score (nSPS) is 11.2. The van der Waals surface area contributed by atoms with Gasteiger partial charge in [-0.15, -0.1) is 0 Å². The maximum Gasteiger partial charge on any atom is 0.270 e. The fourth-order valence-electron chi connectivity index (χ4n) is 2.30. The first-order valence-corrected chi connectivity index (χ1v) is 8.41. The summed E-state index contributed by atoms with van der Waals surface area (Å²) in [6.45, 7) is 6.62. The number of benzene rings is 2. The first-order chi connectivity index (χ1) is 12.5. The molecule has 5 nitrogen and oxygen atoms in total. The van der Waals surface area contributed by atoms with E-state index in [0.717, 1.165) is 11.1 Å². The molecule has 0 bridgehead atoms. The second kappa shape index (κ2) is 9.75. The maximum absolute atomic E-state index is 11.0. The minimum atomic E-state index is -0.445. The lowest BCUT2D eigenvalue weighted by Gasteiger charge is -2.13. The highest BCUT2D eigenvalue weighted by molar-refractivity contribution is 6.31. The van der Waals surface area contributed by atoms with Crippen molar-refractivity contribution in [3.05, 3.63) is 93.0 Å². The molecule has 26 heavy (non-hydrogen) atoms. The van der Waals surface area contributed by atoms with Crippen LogP contribution in [-0.4, -0.2) is 18.1 Å². The van der Waals surface area contributed by atoms with E-state index in [4.69, 9.17) is 21.1 Å². The third kappa shape index (κ3) is 6.02. The largest absolute Gasteiger partial charge is 0.490 e. The number of nitro groups is 1. The summed E-state index contributed by atoms with van der Waals surface area (Å²) in [5, 5.41) is 11.3. The second-order valence-electron chi connectivity index (χ2n) is 5.60. The number of nitrogens with zero attached hydrogens (tertiary/aromatic N) is 1. The van der Waals surface area contributed by atoms with Gasteiger partial charge in [0.1, 0.15) is 12.4 Å². The van der Waals surface area contributed by atoms with E-state index < -0.39 is 4.92 Å². The van der Waals surface area contributed by atoms with Gasteiger partial charge in [-0.25, -0.2) is 0 Å². The van der Waals surface area contributed by atoms with Gasteiger partial charge >= 0.3 is 0 Å². The van der Waals surface area contributed by atoms with Crippen LogP contribution in [0, 0.1) is 17.0 Å². The number of rotatable bonds is 9. The standard InChI is InChI=1S/C20H20ClNO4/c1-15-8-9-18(22(23)24)13-19(15)20(12-16(2)21)26-11-10-25-14-17-6-4-3-5-7-17/h3-9,12-13H,2,10-11,14H2,1H3/b20-12+. The fraction of sp³-hybridized carbons (Fsp3) is 0.200. The zero-order valence-corrected chi connectivity index (χ0v) is 15.2. The Bertz CT molecular complexity index is 803. The van der Waals surface area contributed by atoms with E-state index in [9.17, 15) is 10.1 Å². The average Bonchev–Trinajstić information content (AvgIpc) is 2.61. The van der Waals surface area contributed by atoms with Gasteiger partial charge in [-0.05, 0) is 24.1 Å². The van der Waals surface area contributed by atoms with Crippen molar-refractivity contribution < 1.29 is 14.4 Å². The molecule has 2 aromatic rings. The predicted octanol–water partition coefficient (Wildman–Crippen LogP) is 5.23. The summed E-state index contributed by atoms with van der Waals surface area (Å²) in [6, 6.07) is 14.4. The molecule has 0 aliphatic rings. The average molecular weight is 374 g/mol. The molecule has 0 aliphatic carbocycles. The number of nitro benzene ring substituents is 1. The van der Waals surface area contributed by atoms with Gasteiger partial charge in [0, 0.05) is 22.7 Å². The number of allylic oxidation sites excluding steroid dienone is 2. The van der Waals surface area contributed by atoms with E-state index >= 15 is 0 Å². The van der Waals surface area contributed by atoms with Crippen LogP contribution in [0.3, 0.4) is 0 Å². The molecule has 0 atom stereocenters. The highest BCUT2D eigenvalue weighted by Crippen LogP contribution is 2.26. The Morgan fingerprint density at radius 3 is 2.62 bits per heavy atom. The second-order valence-corrected chi connectivity index (χ2v) is 6.08. The van der Waals surface area contributed by atoms with Gasteiger partial charge in [-0.2, -0.15) is 0 Å². The van der Waals surface area contributed by atoms with Crippen molar-refractivity contribution in [1.29, 1.82) is 0 Å². The zero-order valence-electron chi connectivity index (χ0n) is 14.5. The molecule has 0 spiro atoms. The van der Waals surface area contributed by atoms with Crippen molar-refractivity contribution in [3.63, 3.8) is 0 Å². The fourth-order valence-corrected chi connectivity index (χ4v) is 2.40. The van der Waals surface area contributed by atoms with Crippen LogP contribution >= 0.6 is 11.6 Å². The first-order valence-electron chi connectivity index (χ1n) is 8.03. The van der Waals surface area contributed by atoms with Crippen LogP contribution < -0.4 is 0 Å². The van der Waals surface area contributed by atoms with Gasteiger partial charge in [0.25, 0.3) is 5.69 Å². The van der Waals surface area contributed by atoms with Crippen LogP contribution in [0.15, 0.2) is 66.2 Å². The SMILES string of the molecule is C=C(Cl)/C=C(/OCCOCc1ccccc1)c1cc([N+](=O)[O-])ccc1C. The zero-order chi connectivity index (χ0) is 18.9. The molecule has 0 radical (unpaired) electrons. The van der Waals surface area contributed by atoms with E-state index in [0.29, 0.717) is 24.5 Å². The Morgan fingerprint density at radius 2 is 1.96 bits per heavy atom. The number of non-ortho nitro benzene ring substituents is 1. The number of hydrogen-bond donors (Lipinski definition) is 0. The van der Waals surface area contributed by atoms with Gasteiger partial charge in [0.2, 0.25) is 0 Å². The number of halogens is 1. The Balaban J connectivity index is 2.01. The predicted molar refractivity (Wildman–Crippen MR) is 103 cm³/mol. The van der Waals surface area contributed by atoms with Gasteiger partial charge in [0.05, 0.1) is 18.1 Å². The minimum Gasteiger partial charge on any atom is -0.490 e. The number of ether oxygens (including phenoxy) is 2. The highest BCUT2D eigenvalue weighted by Gasteiger charge is 2.13. The molecule has 0 aliphatic heterocycles. The topological polar surface area (TPSA) is 61.6 Å². The van der Waals surface area contributed by atoms with Gasteiger partial charge in [-0.3, -0.25) is 10.1 Å². The summed E-state index contributed by atoms with van der Waals surface area (Å²) in [7, 11) is 0. The van der Waals surface area contributed by atoms with Gasteiger partial charge < -0.3 is 9.47 Å². The molecule has 2 rings (SSSR count). The molecule has 0 aromatic heterocycles. The molecule has 6 heteroatoms. The highest BCUT2D eigenvalue weighted by atomic mass is 35.5. The lowest BCUT2D eigenvalue weighted by atomic mass is 10.1. The van der Waals surface area contributed by atoms with Crippen molar-refractivity contribution >= 4 is 23.0 Å². The van der Waals surface area contributed by atoms with Gasteiger partial charge in [0.15, 0.2) is 0 Å². The summed E-state index contributed by atoms with van der Waals surface area (Å²) >= 11 is 5.88. The van der Waals surface area contributed by atoms with Crippen LogP contribution in [0.2, 0.25) is 0 Å². The van der Waals surface area contributed by atoms with Gasteiger partial charge in [-0.1, -0.05) is 54.6 Å². The molecule has 0 unspecified atom stereocenters. The third-order valence-corrected chi connectivity index (χ3v) is 3.69. The minimum absolute atomic E-state index is 0.0133. The molecule has 136 valence electrons. The van der Waals surface area contributed by atoms with Crippen LogP contribution in [0.25, 0.3) is 5.76 Å². The van der Waals surface area contributed by atoms with Crippen LogP contribution in [0.5, 0.6) is 0 Å². The van der Waals surface area contributed by atoms with Crippen LogP contribution in [0.1, 0.15) is 16.7 Å². The molecule has 0 saturated carbocycles. The Labute approximate surface area is 157 Å². The Hall–Kier alpha value is -2.63. The smallest absolute Gasteiger partial charge is 0.270 e. The molecule has 0 fully saturated rings. The van der Waals surface area contributed by atoms with Crippen molar-refractivity contribution in [2.75, 3.05) is 13.2 Å². The molecule has 0 heterocycles. The molecular weight excluding hydrogens is 354 g/mol. The van der Waals surface area contributed by atoms with Crippen molar-refractivity contribution in [2.45, 2.75) is 13.5 Å². The monoisotopic (exact) mass is 373 g/mol. The summed E-state index contributed by atoms with van der Waals surface area (Å²) in [5.41, 5.74) is 2.50. The summed E-state index contributed by atoms with van der Waals surface area (Å²) in [4.78, 5) is 10.6. The number of hydrogen-bond acceptors (Lipinski definition) is 4. The maximum atomic E-state index is 11.0. The van der Waals surface area contributed by atoms with Crippen LogP contribution in [-0.2, 0) is 16.1 Å². The van der Waals surface area contributed by atoms with E-state index in [1.54, 1.807) is 12.1 Å². The van der Waals surface area contributed by atoms with Crippen molar-refractivity contribution in [2.24, 2.45) is 0 Å². The number of aryl methyl sites for hydroxylation is 1. The van der Waals surface area contributed by atoms with Crippen molar-refractivity contribution in [1.82, 2.24) is 0 Å². The van der Waals surface area contributed by atoms with Crippen LogP contribution in [0.4, 0.5) is 5.69 Å². The molecule has 2 aromatic carbocycles. The lowest BCUT2D eigenvalue weighted by molar-refractivity contribution is -0.384. The summed E-state index contributed by atoms with van der Waals surface area (Å²) < 4.78 is 11.3. The van der Waals surface area contributed by atoms with E-state index in [2.05, 4.69) is 6.58 Å².